The molecular formula is C13H13F2NO5. The molecule has 1 atom stereocenters. The third-order valence-electron chi connectivity index (χ3n) is 2.65. The Hall–Kier alpha value is -2.51. The number of carbonyl (C=O) groups excluding carboxylic acids is 1. The van der Waals surface area contributed by atoms with E-state index in [4.69, 9.17) is 10.2 Å². The molecule has 1 aromatic rings. The minimum Gasteiger partial charge on any atom is -0.481 e. The fourth-order valence-electron chi connectivity index (χ4n) is 1.61. The van der Waals surface area contributed by atoms with Gasteiger partial charge in [-0.05, 0) is 18.1 Å². The predicted molar refractivity (Wildman–Crippen MR) is 66.5 cm³/mol. The number of carboxylic acids is 2. The van der Waals surface area contributed by atoms with Crippen molar-refractivity contribution in [3.05, 3.63) is 35.4 Å². The number of nitrogens with one attached hydrogen (secondary N) is 1. The van der Waals surface area contributed by atoms with Gasteiger partial charge in [-0.2, -0.15) is 0 Å². The van der Waals surface area contributed by atoms with Crippen molar-refractivity contribution in [2.24, 2.45) is 0 Å². The molecule has 0 aliphatic carbocycles. The second-order valence-electron chi connectivity index (χ2n) is 4.30. The van der Waals surface area contributed by atoms with Gasteiger partial charge in [0.1, 0.15) is 17.7 Å². The number of carboxylic acid groups (broad SMARTS) is 2. The summed E-state index contributed by atoms with van der Waals surface area (Å²) in [5.74, 6) is -5.08. The number of benzene rings is 1. The van der Waals surface area contributed by atoms with Crippen molar-refractivity contribution in [2.75, 3.05) is 0 Å². The Labute approximate surface area is 118 Å². The molecule has 1 aromatic carbocycles. The predicted octanol–water partition coefficient (Wildman–Crippen LogP) is 0.942. The highest BCUT2D eigenvalue weighted by Gasteiger charge is 2.21. The number of halogens is 2. The molecule has 0 heterocycles. The zero-order valence-corrected chi connectivity index (χ0v) is 10.8. The van der Waals surface area contributed by atoms with Crippen molar-refractivity contribution in [2.45, 2.75) is 25.3 Å². The topological polar surface area (TPSA) is 104 Å². The molecule has 0 spiro atoms. The van der Waals surface area contributed by atoms with Crippen LogP contribution in [-0.2, 0) is 20.8 Å². The SMILES string of the molecule is O=C(O)CC[C@@H](NC(=O)Cc1ccc(F)cc1F)C(=O)O. The first-order valence-corrected chi connectivity index (χ1v) is 5.97. The van der Waals surface area contributed by atoms with Crippen LogP contribution in [0.2, 0.25) is 0 Å². The number of rotatable bonds is 7. The number of aliphatic carboxylic acids is 2. The monoisotopic (exact) mass is 301 g/mol. The average molecular weight is 301 g/mol. The van der Waals surface area contributed by atoms with Crippen molar-refractivity contribution < 1.29 is 33.4 Å². The van der Waals surface area contributed by atoms with Crippen LogP contribution in [0.25, 0.3) is 0 Å². The third-order valence-corrected chi connectivity index (χ3v) is 2.65. The quantitative estimate of drug-likeness (QED) is 0.695. The summed E-state index contributed by atoms with van der Waals surface area (Å²) in [7, 11) is 0. The summed E-state index contributed by atoms with van der Waals surface area (Å²) in [6, 6.07) is 1.29. The van der Waals surface area contributed by atoms with Gasteiger partial charge in [-0.1, -0.05) is 6.07 Å². The second kappa shape index (κ2) is 7.32. The van der Waals surface area contributed by atoms with Crippen LogP contribution in [0.4, 0.5) is 8.78 Å². The molecule has 0 unspecified atom stereocenters. The minimum atomic E-state index is -1.39. The van der Waals surface area contributed by atoms with Crippen LogP contribution in [0, 0.1) is 11.6 Å². The first kappa shape index (κ1) is 16.5. The van der Waals surface area contributed by atoms with Crippen molar-refractivity contribution in [1.82, 2.24) is 5.32 Å². The lowest BCUT2D eigenvalue weighted by Gasteiger charge is -2.13. The Kier molecular flexibility index (Phi) is 5.77. The minimum absolute atomic E-state index is 0.0868. The van der Waals surface area contributed by atoms with Crippen LogP contribution in [0.5, 0.6) is 0 Å². The normalized spacial score (nSPS) is 11.7. The Balaban J connectivity index is 2.65. The number of hydrogen-bond acceptors (Lipinski definition) is 3. The van der Waals surface area contributed by atoms with Crippen LogP contribution in [0.15, 0.2) is 18.2 Å². The van der Waals surface area contributed by atoms with Crippen molar-refractivity contribution >= 4 is 17.8 Å². The van der Waals surface area contributed by atoms with E-state index in [-0.39, 0.29) is 12.0 Å². The summed E-state index contributed by atoms with van der Waals surface area (Å²) in [5.41, 5.74) is -0.0868. The molecule has 21 heavy (non-hydrogen) atoms. The average Bonchev–Trinajstić information content (AvgIpc) is 2.37. The maximum Gasteiger partial charge on any atom is 0.326 e. The molecule has 0 aliphatic heterocycles. The van der Waals surface area contributed by atoms with Gasteiger partial charge in [-0.3, -0.25) is 9.59 Å². The van der Waals surface area contributed by atoms with E-state index in [0.29, 0.717) is 6.07 Å². The highest BCUT2D eigenvalue weighted by Crippen LogP contribution is 2.10. The lowest BCUT2D eigenvalue weighted by Crippen LogP contribution is -2.41. The van der Waals surface area contributed by atoms with Crippen LogP contribution < -0.4 is 5.32 Å². The second-order valence-corrected chi connectivity index (χ2v) is 4.30. The largest absolute Gasteiger partial charge is 0.481 e. The highest BCUT2D eigenvalue weighted by atomic mass is 19.1. The molecule has 0 radical (unpaired) electrons. The molecule has 1 amide bonds. The van der Waals surface area contributed by atoms with Crippen molar-refractivity contribution in [3.8, 4) is 0 Å². The van der Waals surface area contributed by atoms with Crippen LogP contribution in [-0.4, -0.2) is 34.1 Å². The Morgan fingerprint density at radius 2 is 1.86 bits per heavy atom. The van der Waals surface area contributed by atoms with Gasteiger partial charge in [0.15, 0.2) is 0 Å². The van der Waals surface area contributed by atoms with E-state index < -0.39 is 48.4 Å². The van der Waals surface area contributed by atoms with E-state index >= 15 is 0 Å². The van der Waals surface area contributed by atoms with Gasteiger partial charge in [0.2, 0.25) is 5.91 Å². The summed E-state index contributed by atoms with van der Waals surface area (Å²) in [6.45, 7) is 0. The fourth-order valence-corrected chi connectivity index (χ4v) is 1.61. The van der Waals surface area contributed by atoms with E-state index in [0.717, 1.165) is 12.1 Å². The molecule has 6 nitrogen and oxygen atoms in total. The van der Waals surface area contributed by atoms with Crippen molar-refractivity contribution in [3.63, 3.8) is 0 Å². The zero-order chi connectivity index (χ0) is 16.0. The van der Waals surface area contributed by atoms with E-state index in [2.05, 4.69) is 5.32 Å². The number of hydrogen-bond donors (Lipinski definition) is 3. The van der Waals surface area contributed by atoms with E-state index in [1.807, 2.05) is 0 Å². The lowest BCUT2D eigenvalue weighted by molar-refractivity contribution is -0.143. The zero-order valence-electron chi connectivity index (χ0n) is 10.8. The molecule has 0 saturated heterocycles. The maximum absolute atomic E-state index is 13.3. The van der Waals surface area contributed by atoms with Gasteiger partial charge in [0.05, 0.1) is 6.42 Å². The van der Waals surface area contributed by atoms with Gasteiger partial charge in [-0.15, -0.1) is 0 Å². The summed E-state index contributed by atoms with van der Waals surface area (Å²) >= 11 is 0. The standard InChI is InChI=1S/C13H13F2NO5/c14-8-2-1-7(9(15)6-8)5-11(17)16-10(13(20)21)3-4-12(18)19/h1-2,6,10H,3-5H2,(H,16,17)(H,18,19)(H,20,21)/t10-/m1/s1. The first-order chi connectivity index (χ1) is 9.79. The van der Waals surface area contributed by atoms with E-state index in [9.17, 15) is 23.2 Å². The van der Waals surface area contributed by atoms with Gasteiger partial charge in [0.25, 0.3) is 0 Å². The van der Waals surface area contributed by atoms with Crippen LogP contribution >= 0.6 is 0 Å². The molecule has 8 heteroatoms. The molecule has 0 saturated carbocycles. The number of carbonyl (C=O) groups is 3. The molecule has 0 fully saturated rings. The van der Waals surface area contributed by atoms with Crippen LogP contribution in [0.1, 0.15) is 18.4 Å². The smallest absolute Gasteiger partial charge is 0.326 e. The molecular weight excluding hydrogens is 288 g/mol. The summed E-state index contributed by atoms with van der Waals surface area (Å²) < 4.78 is 26.0. The summed E-state index contributed by atoms with van der Waals surface area (Å²) in [5, 5.41) is 19.4. The Morgan fingerprint density at radius 1 is 1.19 bits per heavy atom. The van der Waals surface area contributed by atoms with Gasteiger partial charge in [0, 0.05) is 12.5 Å². The maximum atomic E-state index is 13.3. The fraction of sp³-hybridized carbons (Fsp3) is 0.308. The molecule has 0 aliphatic rings. The van der Waals surface area contributed by atoms with Gasteiger partial charge in [-0.25, -0.2) is 13.6 Å². The van der Waals surface area contributed by atoms with E-state index in [1.165, 1.54) is 0 Å². The highest BCUT2D eigenvalue weighted by molar-refractivity contribution is 5.85. The molecule has 0 aromatic heterocycles. The molecule has 1 rings (SSSR count). The van der Waals surface area contributed by atoms with Gasteiger partial charge >= 0.3 is 11.9 Å². The van der Waals surface area contributed by atoms with Gasteiger partial charge < -0.3 is 15.5 Å². The van der Waals surface area contributed by atoms with E-state index in [1.54, 1.807) is 0 Å². The first-order valence-electron chi connectivity index (χ1n) is 5.97. The number of amides is 1. The Bertz CT molecular complexity index is 561. The summed E-state index contributed by atoms with van der Waals surface area (Å²) in [4.78, 5) is 32.9. The lowest BCUT2D eigenvalue weighted by atomic mass is 10.1. The molecule has 114 valence electrons. The molecule has 0 bridgehead atoms. The molecule has 3 N–H and O–H groups in total. The summed E-state index contributed by atoms with van der Waals surface area (Å²) in [6.07, 6.45) is -1.19. The van der Waals surface area contributed by atoms with Crippen molar-refractivity contribution in [1.29, 1.82) is 0 Å². The van der Waals surface area contributed by atoms with Crippen LogP contribution in [0.3, 0.4) is 0 Å². The Morgan fingerprint density at radius 3 is 2.38 bits per heavy atom. The third kappa shape index (κ3) is 5.55.